The predicted octanol–water partition coefficient (Wildman–Crippen LogP) is 7.59. The highest BCUT2D eigenvalue weighted by Gasteiger charge is 2.22. The lowest BCUT2D eigenvalue weighted by molar-refractivity contribution is 0.649. The summed E-state index contributed by atoms with van der Waals surface area (Å²) >= 11 is 0. The van der Waals surface area contributed by atoms with Crippen LogP contribution in [0, 0.1) is 5.92 Å². The minimum Gasteiger partial charge on any atom is -0.309 e. The number of hydrogen-bond donors (Lipinski definition) is 0. The van der Waals surface area contributed by atoms with Gasteiger partial charge < -0.3 is 4.57 Å². The van der Waals surface area contributed by atoms with Gasteiger partial charge in [-0.25, -0.2) is 0 Å². The molecule has 0 radical (unpaired) electrons. The lowest BCUT2D eigenvalue weighted by Crippen LogP contribution is -2.40. The van der Waals surface area contributed by atoms with Crippen LogP contribution in [0.1, 0.15) is 19.4 Å². The summed E-state index contributed by atoms with van der Waals surface area (Å²) in [6.45, 7) is 11.9. The second kappa shape index (κ2) is 8.31. The van der Waals surface area contributed by atoms with Crippen molar-refractivity contribution >= 4 is 35.1 Å². The number of nitrogens with zero attached hydrogens (tertiary/aromatic N) is 2. The number of hydrogen-bond acceptors (Lipinski definition) is 1. The summed E-state index contributed by atoms with van der Waals surface area (Å²) in [5.74, 6) is 0.627. The third kappa shape index (κ3) is 4.02. The third-order valence-corrected chi connectivity index (χ3v) is 8.47. The minimum absolute atomic E-state index is 0.627. The summed E-state index contributed by atoms with van der Waals surface area (Å²) in [4.78, 5) is 4.96. The van der Waals surface area contributed by atoms with E-state index in [1.54, 1.807) is 0 Å². The Morgan fingerprint density at radius 2 is 1.48 bits per heavy atom. The highest BCUT2D eigenvalue weighted by atomic mass is 28.3. The Morgan fingerprint density at radius 3 is 2.21 bits per heavy atom. The second-order valence-corrected chi connectivity index (χ2v) is 15.5. The van der Waals surface area contributed by atoms with Crippen molar-refractivity contribution in [3.63, 3.8) is 0 Å². The van der Waals surface area contributed by atoms with Gasteiger partial charge in [0.25, 0.3) is 0 Å². The van der Waals surface area contributed by atoms with Crippen molar-refractivity contribution in [2.75, 3.05) is 0 Å². The Morgan fingerprint density at radius 1 is 0.788 bits per heavy atom. The van der Waals surface area contributed by atoms with Crippen LogP contribution in [-0.4, -0.2) is 17.6 Å². The number of pyridine rings is 1. The second-order valence-electron chi connectivity index (χ2n) is 10.5. The molecular weight excluding hydrogens is 416 g/mol. The highest BCUT2D eigenvalue weighted by Crippen LogP contribution is 2.34. The topological polar surface area (TPSA) is 17.8 Å². The minimum atomic E-state index is -1.45. The van der Waals surface area contributed by atoms with E-state index in [0.717, 1.165) is 12.1 Å². The van der Waals surface area contributed by atoms with E-state index in [1.807, 2.05) is 0 Å². The lowest BCUT2D eigenvalue weighted by Gasteiger charge is -2.22. The molecule has 5 rings (SSSR count). The quantitative estimate of drug-likeness (QED) is 0.253. The van der Waals surface area contributed by atoms with Crippen LogP contribution in [0.4, 0.5) is 0 Å². The summed E-state index contributed by atoms with van der Waals surface area (Å²) in [7, 11) is -1.45. The molecule has 0 saturated heterocycles. The van der Waals surface area contributed by atoms with E-state index in [2.05, 4.69) is 123 Å². The van der Waals surface area contributed by atoms with Gasteiger partial charge in [-0.3, -0.25) is 4.98 Å². The van der Waals surface area contributed by atoms with Crippen LogP contribution < -0.4 is 5.19 Å². The van der Waals surface area contributed by atoms with E-state index in [0.29, 0.717) is 5.92 Å². The first-order valence-corrected chi connectivity index (χ1v) is 15.4. The van der Waals surface area contributed by atoms with Gasteiger partial charge >= 0.3 is 0 Å². The molecule has 0 aliphatic rings. The van der Waals surface area contributed by atoms with E-state index in [1.165, 1.54) is 43.8 Å². The number of benzene rings is 3. The zero-order valence-corrected chi connectivity index (χ0v) is 21.3. The molecule has 0 saturated carbocycles. The molecule has 166 valence electrons. The predicted molar refractivity (Wildman–Crippen MR) is 146 cm³/mol. The smallest absolute Gasteiger partial charge is 0.0799 e. The van der Waals surface area contributed by atoms with E-state index >= 15 is 0 Å². The maximum absolute atomic E-state index is 4.96. The molecule has 2 heterocycles. The standard InChI is InChI=1S/C30H32N2Si/c1-21(2)17-23-19-27(31-20-30(23)33(3,4)5)22-15-16-29-26(18-22)25-13-9-10-14-28(25)32(29)24-11-7-6-8-12-24/h6-16,18-21H,17H2,1-5H3. The summed E-state index contributed by atoms with van der Waals surface area (Å²) in [5.41, 5.74) is 7.39. The Bertz CT molecular complexity index is 1440. The van der Waals surface area contributed by atoms with Crippen LogP contribution in [0.5, 0.6) is 0 Å². The molecule has 33 heavy (non-hydrogen) atoms. The van der Waals surface area contributed by atoms with Crippen molar-refractivity contribution in [2.45, 2.75) is 39.9 Å². The van der Waals surface area contributed by atoms with E-state index in [4.69, 9.17) is 4.98 Å². The summed E-state index contributed by atoms with van der Waals surface area (Å²) in [6.07, 6.45) is 3.27. The lowest BCUT2D eigenvalue weighted by atomic mass is 10.0. The normalized spacial score (nSPS) is 12.2. The van der Waals surface area contributed by atoms with Gasteiger partial charge in [0.1, 0.15) is 0 Å². The van der Waals surface area contributed by atoms with Gasteiger partial charge in [0, 0.05) is 28.2 Å². The SMILES string of the molecule is CC(C)Cc1cc(-c2ccc3c(c2)c2ccccc2n3-c2ccccc2)ncc1[Si](C)(C)C. The zero-order valence-electron chi connectivity index (χ0n) is 20.3. The fourth-order valence-corrected chi connectivity index (χ4v) is 6.52. The van der Waals surface area contributed by atoms with Gasteiger partial charge in [-0.1, -0.05) is 76.0 Å². The summed E-state index contributed by atoms with van der Waals surface area (Å²) in [6, 6.07) is 28.5. The fraction of sp³-hybridized carbons (Fsp3) is 0.233. The van der Waals surface area contributed by atoms with Crippen LogP contribution in [0.2, 0.25) is 19.6 Å². The molecule has 3 heteroatoms. The third-order valence-electron chi connectivity index (χ3n) is 6.41. The van der Waals surface area contributed by atoms with Crippen molar-refractivity contribution in [1.82, 2.24) is 9.55 Å². The molecule has 2 aromatic heterocycles. The first-order chi connectivity index (χ1) is 15.8. The first kappa shape index (κ1) is 21.7. The molecule has 3 aromatic carbocycles. The number of aromatic nitrogens is 2. The fourth-order valence-electron chi connectivity index (χ4n) is 4.93. The van der Waals surface area contributed by atoms with Gasteiger partial charge in [-0.15, -0.1) is 0 Å². The number of para-hydroxylation sites is 2. The van der Waals surface area contributed by atoms with Gasteiger partial charge in [0.2, 0.25) is 0 Å². The average molecular weight is 449 g/mol. The molecule has 5 aromatic rings. The molecule has 0 spiro atoms. The number of rotatable bonds is 5. The van der Waals surface area contributed by atoms with Crippen molar-refractivity contribution in [2.24, 2.45) is 5.92 Å². The molecule has 0 bridgehead atoms. The average Bonchev–Trinajstić information content (AvgIpc) is 3.12. The van der Waals surface area contributed by atoms with Crippen LogP contribution in [-0.2, 0) is 6.42 Å². The molecule has 0 amide bonds. The maximum Gasteiger partial charge on any atom is 0.0799 e. The maximum atomic E-state index is 4.96. The highest BCUT2D eigenvalue weighted by molar-refractivity contribution is 6.89. The molecule has 0 aliphatic carbocycles. The monoisotopic (exact) mass is 448 g/mol. The molecular formula is C30H32N2Si. The molecule has 0 aliphatic heterocycles. The van der Waals surface area contributed by atoms with E-state index in [-0.39, 0.29) is 0 Å². The molecule has 0 unspecified atom stereocenters. The van der Waals surface area contributed by atoms with E-state index in [9.17, 15) is 0 Å². The van der Waals surface area contributed by atoms with Crippen LogP contribution in [0.25, 0.3) is 38.8 Å². The Kier molecular flexibility index (Phi) is 5.45. The Balaban J connectivity index is 1.71. The van der Waals surface area contributed by atoms with Crippen molar-refractivity contribution in [3.8, 4) is 16.9 Å². The van der Waals surface area contributed by atoms with Crippen LogP contribution in [0.3, 0.4) is 0 Å². The van der Waals surface area contributed by atoms with Gasteiger partial charge in [-0.2, -0.15) is 0 Å². The zero-order chi connectivity index (χ0) is 23.2. The van der Waals surface area contributed by atoms with Gasteiger partial charge in [0.15, 0.2) is 0 Å². The number of fused-ring (bicyclic) bond motifs is 3. The molecule has 0 atom stereocenters. The van der Waals surface area contributed by atoms with Crippen molar-refractivity contribution in [3.05, 3.63) is 90.6 Å². The summed E-state index contributed by atoms with van der Waals surface area (Å²) in [5, 5.41) is 4.04. The molecule has 2 nitrogen and oxygen atoms in total. The first-order valence-electron chi connectivity index (χ1n) is 11.9. The van der Waals surface area contributed by atoms with E-state index < -0.39 is 8.07 Å². The molecule has 0 N–H and O–H groups in total. The Labute approximate surface area is 197 Å². The largest absolute Gasteiger partial charge is 0.309 e. The van der Waals surface area contributed by atoms with Crippen molar-refractivity contribution in [1.29, 1.82) is 0 Å². The van der Waals surface area contributed by atoms with Crippen LogP contribution >= 0.6 is 0 Å². The van der Waals surface area contributed by atoms with Crippen LogP contribution in [0.15, 0.2) is 85.1 Å². The van der Waals surface area contributed by atoms with Gasteiger partial charge in [0.05, 0.1) is 24.8 Å². The Hall–Kier alpha value is -3.17. The van der Waals surface area contributed by atoms with Gasteiger partial charge in [-0.05, 0) is 59.5 Å². The summed E-state index contributed by atoms with van der Waals surface area (Å²) < 4.78 is 2.36. The van der Waals surface area contributed by atoms with Crippen molar-refractivity contribution < 1.29 is 0 Å². The molecule has 0 fully saturated rings.